The molecule has 0 N–H and O–H groups in total. The Labute approximate surface area is 138 Å². The summed E-state index contributed by atoms with van der Waals surface area (Å²) in [6.07, 6.45) is 0. The molecule has 0 spiro atoms. The first-order chi connectivity index (χ1) is 12.2. The summed E-state index contributed by atoms with van der Waals surface area (Å²) in [4.78, 5) is 77.2. The summed E-state index contributed by atoms with van der Waals surface area (Å²) < 4.78 is 0.871. The minimum Gasteiger partial charge on any atom is -0.292 e. The highest BCUT2D eigenvalue weighted by Gasteiger charge is 2.20. The van der Waals surface area contributed by atoms with Gasteiger partial charge in [0, 0.05) is 0 Å². The molecule has 0 radical (unpaired) electrons. The van der Waals surface area contributed by atoms with Crippen molar-refractivity contribution in [2.75, 3.05) is 0 Å². The molecule has 0 saturated heterocycles. The highest BCUT2D eigenvalue weighted by atomic mass is 17.0. The predicted molar refractivity (Wildman–Crippen MR) is 81.0 cm³/mol. The molecule has 0 aliphatic heterocycles. The summed E-state index contributed by atoms with van der Waals surface area (Å²) in [7, 11) is 0. The predicted octanol–water partition coefficient (Wildman–Crippen LogP) is -1.76. The molecule has 2 aromatic heterocycles. The van der Waals surface area contributed by atoms with Crippen LogP contribution in [0.3, 0.4) is 0 Å². The maximum absolute atomic E-state index is 12.2. The molecule has 0 fully saturated rings. The maximum Gasteiger partial charge on any atom is 0.296 e. The van der Waals surface area contributed by atoms with Gasteiger partial charge in [-0.3, -0.25) is 28.9 Å². The summed E-state index contributed by atoms with van der Waals surface area (Å²) in [5, 5.41) is 17.0. The van der Waals surface area contributed by atoms with E-state index >= 15 is 0 Å². The Morgan fingerprint density at radius 3 is 1.19 bits per heavy atom. The van der Waals surface area contributed by atoms with Crippen molar-refractivity contribution in [3.05, 3.63) is 73.8 Å². The molecular formula is C12H6N4O10. The van der Waals surface area contributed by atoms with E-state index in [1.165, 1.54) is 0 Å². The van der Waals surface area contributed by atoms with Crippen LogP contribution in [0.15, 0.2) is 31.3 Å². The first kappa shape index (κ1) is 16.7. The average molecular weight is 366 g/mol. The fourth-order valence-electron chi connectivity index (χ4n) is 2.52. The van der Waals surface area contributed by atoms with Crippen molar-refractivity contribution in [2.45, 2.75) is 13.5 Å². The first-order valence-electron chi connectivity index (χ1n) is 6.67. The monoisotopic (exact) mass is 366 g/mol. The summed E-state index contributed by atoms with van der Waals surface area (Å²) in [6, 6.07) is 1.95. The fourth-order valence-corrected chi connectivity index (χ4v) is 2.52. The normalized spacial score (nSPS) is 11.1. The number of hydrogen-bond acceptors (Lipinski definition) is 10. The largest absolute Gasteiger partial charge is 0.296 e. The average Bonchev–Trinajstić information content (AvgIpc) is 2.95. The van der Waals surface area contributed by atoms with Gasteiger partial charge in [-0.1, -0.05) is 0 Å². The van der Waals surface area contributed by atoms with Crippen LogP contribution in [-0.4, -0.2) is 19.3 Å². The zero-order valence-corrected chi connectivity index (χ0v) is 12.4. The molecule has 14 heteroatoms. The SMILES string of the molecule is O=c1c2cc3c(=O)n(CO[N+](=O)[O-])c(=O)c3cc2c(=O)n1CO[N+](=O)[O-]. The molecule has 0 unspecified atom stereocenters. The molecule has 0 saturated carbocycles. The molecule has 3 rings (SSSR count). The molecule has 0 atom stereocenters. The lowest BCUT2D eigenvalue weighted by atomic mass is 10.1. The second kappa shape index (κ2) is 5.76. The molecule has 2 heterocycles. The van der Waals surface area contributed by atoms with Gasteiger partial charge in [0.15, 0.2) is 13.5 Å². The van der Waals surface area contributed by atoms with E-state index in [1.807, 2.05) is 0 Å². The zero-order valence-electron chi connectivity index (χ0n) is 12.4. The van der Waals surface area contributed by atoms with Gasteiger partial charge in [0.2, 0.25) is 0 Å². The number of benzene rings is 1. The Morgan fingerprint density at radius 1 is 0.692 bits per heavy atom. The molecule has 3 aromatic rings. The molecule has 0 bridgehead atoms. The number of hydrogen-bond donors (Lipinski definition) is 0. The molecule has 134 valence electrons. The molecule has 0 amide bonds. The topological polar surface area (TPSA) is 183 Å². The standard InChI is InChI=1S/C12H6N4O10/c17-9-5-1-6-8(12(20)14(10(6)18)4-26-16(23)24)2-7(5)11(19)13(9)3-25-15(21)22/h1-2H,3-4H2. The van der Waals surface area contributed by atoms with Gasteiger partial charge in [0.25, 0.3) is 32.4 Å². The summed E-state index contributed by atoms with van der Waals surface area (Å²) in [5.41, 5.74) is -3.80. The van der Waals surface area contributed by atoms with E-state index in [4.69, 9.17) is 0 Å². The van der Waals surface area contributed by atoms with Gasteiger partial charge in [-0.05, 0) is 12.1 Å². The molecule has 26 heavy (non-hydrogen) atoms. The molecule has 0 aliphatic rings. The third-order valence-corrected chi connectivity index (χ3v) is 3.64. The van der Waals surface area contributed by atoms with Crippen molar-refractivity contribution in [2.24, 2.45) is 0 Å². The van der Waals surface area contributed by atoms with E-state index in [-0.39, 0.29) is 21.5 Å². The zero-order chi connectivity index (χ0) is 19.2. The number of fused-ring (bicyclic) bond motifs is 2. The third-order valence-electron chi connectivity index (χ3n) is 3.64. The van der Waals surface area contributed by atoms with E-state index < -0.39 is 45.9 Å². The minimum atomic E-state index is -1.19. The van der Waals surface area contributed by atoms with Gasteiger partial charge in [-0.25, -0.2) is 9.13 Å². The van der Waals surface area contributed by atoms with Gasteiger partial charge < -0.3 is 0 Å². The van der Waals surface area contributed by atoms with Crippen LogP contribution in [0.5, 0.6) is 0 Å². The fraction of sp³-hybridized carbons (Fsp3) is 0.167. The van der Waals surface area contributed by atoms with E-state index in [0.29, 0.717) is 9.13 Å². The van der Waals surface area contributed by atoms with Gasteiger partial charge >= 0.3 is 0 Å². The van der Waals surface area contributed by atoms with Crippen molar-refractivity contribution in [3.63, 3.8) is 0 Å². The van der Waals surface area contributed by atoms with Crippen LogP contribution in [0, 0.1) is 20.2 Å². The highest BCUT2D eigenvalue weighted by molar-refractivity contribution is 5.97. The van der Waals surface area contributed by atoms with Crippen LogP contribution in [0.2, 0.25) is 0 Å². The summed E-state index contributed by atoms with van der Waals surface area (Å²) in [6.45, 7) is -1.90. The van der Waals surface area contributed by atoms with Gasteiger partial charge in [0.05, 0.1) is 21.5 Å². The lowest BCUT2D eigenvalue weighted by molar-refractivity contribution is -0.767. The summed E-state index contributed by atoms with van der Waals surface area (Å²) >= 11 is 0. The Hall–Kier alpha value is -4.10. The Bertz CT molecular complexity index is 1100. The van der Waals surface area contributed by atoms with Crippen LogP contribution in [0.1, 0.15) is 0 Å². The van der Waals surface area contributed by atoms with E-state index in [1.54, 1.807) is 0 Å². The smallest absolute Gasteiger partial charge is 0.292 e. The van der Waals surface area contributed by atoms with Crippen LogP contribution in [0.25, 0.3) is 21.5 Å². The molecular weight excluding hydrogens is 360 g/mol. The van der Waals surface area contributed by atoms with Gasteiger partial charge in [0.1, 0.15) is 0 Å². The van der Waals surface area contributed by atoms with E-state index in [9.17, 15) is 39.4 Å². The lowest BCUT2D eigenvalue weighted by Gasteiger charge is -1.96. The maximum atomic E-state index is 12.2. The van der Waals surface area contributed by atoms with Crippen LogP contribution in [-0.2, 0) is 23.1 Å². The van der Waals surface area contributed by atoms with Crippen LogP contribution >= 0.6 is 0 Å². The number of rotatable bonds is 6. The molecule has 1 aromatic carbocycles. The van der Waals surface area contributed by atoms with Gasteiger partial charge in [-0.15, -0.1) is 20.2 Å². The number of nitrogens with zero attached hydrogens (tertiary/aromatic N) is 4. The minimum absolute atomic E-state index is 0.251. The highest BCUT2D eigenvalue weighted by Crippen LogP contribution is 2.14. The van der Waals surface area contributed by atoms with Crippen molar-refractivity contribution in [1.29, 1.82) is 0 Å². The molecule has 0 aliphatic carbocycles. The number of aromatic nitrogens is 2. The van der Waals surface area contributed by atoms with Crippen molar-refractivity contribution >= 4 is 21.5 Å². The lowest BCUT2D eigenvalue weighted by Crippen LogP contribution is -2.28. The quantitative estimate of drug-likeness (QED) is 0.358. The van der Waals surface area contributed by atoms with Crippen molar-refractivity contribution in [1.82, 2.24) is 9.13 Å². The van der Waals surface area contributed by atoms with Crippen molar-refractivity contribution in [3.8, 4) is 0 Å². The summed E-state index contributed by atoms with van der Waals surface area (Å²) in [5.74, 6) is 0. The van der Waals surface area contributed by atoms with Crippen molar-refractivity contribution < 1.29 is 19.8 Å². The Kier molecular flexibility index (Phi) is 3.71. The second-order valence-electron chi connectivity index (χ2n) is 4.98. The molecule has 14 nitrogen and oxygen atoms in total. The van der Waals surface area contributed by atoms with Gasteiger partial charge in [-0.2, -0.15) is 0 Å². The van der Waals surface area contributed by atoms with Crippen LogP contribution in [0.4, 0.5) is 0 Å². The third kappa shape index (κ3) is 2.45. The van der Waals surface area contributed by atoms with E-state index in [0.717, 1.165) is 12.1 Å². The first-order valence-corrected chi connectivity index (χ1v) is 6.67. The van der Waals surface area contributed by atoms with E-state index in [2.05, 4.69) is 9.68 Å². The van der Waals surface area contributed by atoms with Crippen LogP contribution < -0.4 is 22.2 Å². The Balaban J connectivity index is 2.24. The Morgan fingerprint density at radius 2 is 0.962 bits per heavy atom. The second-order valence-corrected chi connectivity index (χ2v) is 4.98.